The van der Waals surface area contributed by atoms with Crippen LogP contribution >= 0.6 is 0 Å². The van der Waals surface area contributed by atoms with E-state index in [-0.39, 0.29) is 5.91 Å². The van der Waals surface area contributed by atoms with Gasteiger partial charge in [0.1, 0.15) is 11.4 Å². The number of hydrogen-bond donors (Lipinski definition) is 2. The van der Waals surface area contributed by atoms with Gasteiger partial charge in [0.05, 0.1) is 7.11 Å². The summed E-state index contributed by atoms with van der Waals surface area (Å²) in [5, 5.41) is 2.82. The van der Waals surface area contributed by atoms with E-state index in [0.717, 1.165) is 23.6 Å². The van der Waals surface area contributed by atoms with Crippen molar-refractivity contribution in [2.45, 2.75) is 13.3 Å². The molecule has 4 heteroatoms. The summed E-state index contributed by atoms with van der Waals surface area (Å²) in [6.45, 7) is 2.04. The van der Waals surface area contributed by atoms with Crippen molar-refractivity contribution in [1.82, 2.24) is 4.98 Å². The molecule has 2 rings (SSSR count). The normalized spacial score (nSPS) is 10.1. The Hall–Kier alpha value is -2.23. The molecule has 2 aromatic rings. The summed E-state index contributed by atoms with van der Waals surface area (Å²) >= 11 is 0. The van der Waals surface area contributed by atoms with E-state index in [1.54, 1.807) is 25.3 Å². The lowest BCUT2D eigenvalue weighted by Crippen LogP contribution is -2.12. The lowest BCUT2D eigenvalue weighted by Gasteiger charge is -2.05. The second-order valence-electron chi connectivity index (χ2n) is 3.93. The van der Waals surface area contributed by atoms with Crippen molar-refractivity contribution < 1.29 is 9.53 Å². The van der Waals surface area contributed by atoms with Crippen LogP contribution in [0.3, 0.4) is 0 Å². The largest absolute Gasteiger partial charge is 0.497 e. The Kier molecular flexibility index (Phi) is 3.67. The van der Waals surface area contributed by atoms with Crippen LogP contribution in [0.5, 0.6) is 5.75 Å². The van der Waals surface area contributed by atoms with Gasteiger partial charge in [-0.1, -0.05) is 6.92 Å². The molecule has 0 unspecified atom stereocenters. The van der Waals surface area contributed by atoms with Crippen molar-refractivity contribution in [1.29, 1.82) is 0 Å². The topological polar surface area (TPSA) is 54.1 Å². The zero-order valence-electron chi connectivity index (χ0n) is 10.5. The minimum absolute atomic E-state index is 0.139. The van der Waals surface area contributed by atoms with Gasteiger partial charge < -0.3 is 15.0 Å². The molecule has 1 amide bonds. The summed E-state index contributed by atoms with van der Waals surface area (Å²) in [4.78, 5) is 15.0. The number of methoxy groups -OCH3 is 1. The smallest absolute Gasteiger partial charge is 0.272 e. The van der Waals surface area contributed by atoms with Gasteiger partial charge in [-0.05, 0) is 42.8 Å². The third-order valence-electron chi connectivity index (χ3n) is 2.72. The quantitative estimate of drug-likeness (QED) is 0.868. The van der Waals surface area contributed by atoms with E-state index < -0.39 is 0 Å². The fraction of sp³-hybridized carbons (Fsp3) is 0.214. The number of amides is 1. The molecular weight excluding hydrogens is 228 g/mol. The Balaban J connectivity index is 2.06. The van der Waals surface area contributed by atoms with E-state index in [0.29, 0.717) is 5.69 Å². The van der Waals surface area contributed by atoms with Crippen molar-refractivity contribution in [3.63, 3.8) is 0 Å². The molecule has 0 saturated carbocycles. The van der Waals surface area contributed by atoms with Gasteiger partial charge in [-0.15, -0.1) is 0 Å². The zero-order chi connectivity index (χ0) is 13.0. The molecule has 0 aliphatic carbocycles. The lowest BCUT2D eigenvalue weighted by atomic mass is 10.3. The number of aromatic amines is 1. The molecule has 1 aromatic heterocycles. The van der Waals surface area contributed by atoms with E-state index in [4.69, 9.17) is 4.74 Å². The van der Waals surface area contributed by atoms with Gasteiger partial charge in [-0.3, -0.25) is 4.79 Å². The predicted octanol–water partition coefficient (Wildman–Crippen LogP) is 2.84. The fourth-order valence-electron chi connectivity index (χ4n) is 1.65. The Bertz CT molecular complexity index is 529. The van der Waals surface area contributed by atoms with E-state index >= 15 is 0 Å². The first kappa shape index (κ1) is 12.2. The molecular formula is C14H16N2O2. The molecule has 0 fully saturated rings. The molecule has 4 nitrogen and oxygen atoms in total. The average Bonchev–Trinajstić information content (AvgIpc) is 2.88. The molecule has 0 aliphatic rings. The molecule has 2 N–H and O–H groups in total. The van der Waals surface area contributed by atoms with Crippen LogP contribution in [0.15, 0.2) is 36.4 Å². The van der Waals surface area contributed by atoms with Crippen LogP contribution < -0.4 is 10.1 Å². The maximum Gasteiger partial charge on any atom is 0.272 e. The molecule has 18 heavy (non-hydrogen) atoms. The standard InChI is InChI=1S/C14H16N2O2/c1-3-10-6-9-13(15-10)14(17)16-11-4-7-12(18-2)8-5-11/h4-9,15H,3H2,1-2H3,(H,16,17). The van der Waals surface area contributed by atoms with Crippen molar-refractivity contribution in [2.24, 2.45) is 0 Å². The highest BCUT2D eigenvalue weighted by Gasteiger charge is 2.08. The number of ether oxygens (including phenoxy) is 1. The van der Waals surface area contributed by atoms with Gasteiger partial charge in [0.25, 0.3) is 5.91 Å². The van der Waals surface area contributed by atoms with Gasteiger partial charge >= 0.3 is 0 Å². The molecule has 1 heterocycles. The summed E-state index contributed by atoms with van der Waals surface area (Å²) in [6.07, 6.45) is 0.885. The number of aromatic nitrogens is 1. The van der Waals surface area contributed by atoms with Crippen LogP contribution in [0.4, 0.5) is 5.69 Å². The number of H-pyrrole nitrogens is 1. The van der Waals surface area contributed by atoms with Crippen LogP contribution in [0, 0.1) is 0 Å². The summed E-state index contributed by atoms with van der Waals surface area (Å²) in [5.41, 5.74) is 2.37. The first-order valence-electron chi connectivity index (χ1n) is 5.86. The predicted molar refractivity (Wildman–Crippen MR) is 71.1 cm³/mol. The Labute approximate surface area is 106 Å². The van der Waals surface area contributed by atoms with E-state index in [2.05, 4.69) is 10.3 Å². The lowest BCUT2D eigenvalue weighted by molar-refractivity contribution is 0.102. The number of benzene rings is 1. The number of nitrogens with one attached hydrogen (secondary N) is 2. The average molecular weight is 244 g/mol. The van der Waals surface area contributed by atoms with Crippen LogP contribution in [-0.2, 0) is 6.42 Å². The molecule has 94 valence electrons. The Morgan fingerprint density at radius 2 is 1.94 bits per heavy atom. The number of rotatable bonds is 4. The Morgan fingerprint density at radius 1 is 1.22 bits per heavy atom. The third-order valence-corrected chi connectivity index (χ3v) is 2.72. The summed E-state index contributed by atoms with van der Waals surface area (Å²) < 4.78 is 5.06. The first-order valence-corrected chi connectivity index (χ1v) is 5.86. The summed E-state index contributed by atoms with van der Waals surface area (Å²) in [5.74, 6) is 0.626. The van der Waals surface area contributed by atoms with Crippen LogP contribution in [-0.4, -0.2) is 18.0 Å². The maximum absolute atomic E-state index is 11.9. The van der Waals surface area contributed by atoms with Crippen molar-refractivity contribution in [3.05, 3.63) is 47.8 Å². The number of anilines is 1. The monoisotopic (exact) mass is 244 g/mol. The molecule has 0 radical (unpaired) electrons. The highest BCUT2D eigenvalue weighted by Crippen LogP contribution is 2.15. The van der Waals surface area contributed by atoms with Gasteiger partial charge in [-0.2, -0.15) is 0 Å². The van der Waals surface area contributed by atoms with Gasteiger partial charge in [-0.25, -0.2) is 0 Å². The second-order valence-corrected chi connectivity index (χ2v) is 3.93. The van der Waals surface area contributed by atoms with Gasteiger partial charge in [0.2, 0.25) is 0 Å². The molecule has 0 saturated heterocycles. The van der Waals surface area contributed by atoms with Crippen molar-refractivity contribution in [2.75, 3.05) is 12.4 Å². The molecule has 0 bridgehead atoms. The Morgan fingerprint density at radius 3 is 2.50 bits per heavy atom. The first-order chi connectivity index (χ1) is 8.72. The van der Waals surface area contributed by atoms with Gasteiger partial charge in [0.15, 0.2) is 0 Å². The number of carbonyl (C=O) groups excluding carboxylic acids is 1. The van der Waals surface area contributed by atoms with Crippen LogP contribution in [0.1, 0.15) is 23.1 Å². The molecule has 0 spiro atoms. The van der Waals surface area contributed by atoms with E-state index in [9.17, 15) is 4.79 Å². The van der Waals surface area contributed by atoms with Crippen molar-refractivity contribution >= 4 is 11.6 Å². The SMILES string of the molecule is CCc1ccc(C(=O)Nc2ccc(OC)cc2)[nH]1. The van der Waals surface area contributed by atoms with E-state index in [1.165, 1.54) is 0 Å². The summed E-state index contributed by atoms with van der Waals surface area (Å²) in [7, 11) is 1.61. The van der Waals surface area contributed by atoms with Crippen molar-refractivity contribution in [3.8, 4) is 5.75 Å². The zero-order valence-corrected chi connectivity index (χ0v) is 10.5. The number of carbonyl (C=O) groups is 1. The highest BCUT2D eigenvalue weighted by molar-refractivity contribution is 6.03. The number of aryl methyl sites for hydroxylation is 1. The van der Waals surface area contributed by atoms with E-state index in [1.807, 2.05) is 25.1 Å². The molecule has 1 aromatic carbocycles. The van der Waals surface area contributed by atoms with Crippen LogP contribution in [0.2, 0.25) is 0 Å². The fourth-order valence-corrected chi connectivity index (χ4v) is 1.65. The third kappa shape index (κ3) is 2.71. The molecule has 0 aliphatic heterocycles. The van der Waals surface area contributed by atoms with Gasteiger partial charge in [0, 0.05) is 11.4 Å². The minimum Gasteiger partial charge on any atom is -0.497 e. The summed E-state index contributed by atoms with van der Waals surface area (Å²) in [6, 6.07) is 10.9. The minimum atomic E-state index is -0.139. The second kappa shape index (κ2) is 5.40. The maximum atomic E-state index is 11.9. The van der Waals surface area contributed by atoms with Crippen LogP contribution in [0.25, 0.3) is 0 Å². The highest BCUT2D eigenvalue weighted by atomic mass is 16.5. The molecule has 0 atom stereocenters. The number of hydrogen-bond acceptors (Lipinski definition) is 2.